The van der Waals surface area contributed by atoms with Crippen LogP contribution in [0.3, 0.4) is 0 Å². The number of fused-ring (bicyclic) bond motifs is 3. The fourth-order valence-electron chi connectivity index (χ4n) is 1.57. The molecule has 3 rings (SSSR count). The van der Waals surface area contributed by atoms with Crippen LogP contribution in [0.1, 0.15) is 4.88 Å². The maximum Gasteiger partial charge on any atom is 0.0820 e. The molecule has 0 fully saturated rings. The average Bonchev–Trinajstić information content (AvgIpc) is 2.42. The van der Waals surface area contributed by atoms with Crippen LogP contribution in [0.4, 0.5) is 5.69 Å². The average molecular weight is 200 g/mol. The van der Waals surface area contributed by atoms with Crippen LogP contribution in [0.25, 0.3) is 16.2 Å². The number of rotatable bonds is 0. The molecule has 2 heterocycles. The molecule has 0 saturated carbocycles. The number of anilines is 1. The van der Waals surface area contributed by atoms with Crippen molar-refractivity contribution in [1.82, 2.24) is 0 Å². The maximum absolute atomic E-state index is 4.08. The minimum Gasteiger partial charge on any atom is -0.276 e. The van der Waals surface area contributed by atoms with Gasteiger partial charge in [0.2, 0.25) is 0 Å². The molecule has 3 heteroatoms. The third kappa shape index (κ3) is 1.06. The van der Waals surface area contributed by atoms with E-state index in [9.17, 15) is 0 Å². The monoisotopic (exact) mass is 200 g/mol. The van der Waals surface area contributed by atoms with E-state index in [4.69, 9.17) is 0 Å². The van der Waals surface area contributed by atoms with E-state index in [1.165, 1.54) is 15.0 Å². The van der Waals surface area contributed by atoms with Crippen LogP contribution in [0.5, 0.6) is 0 Å². The van der Waals surface area contributed by atoms with Gasteiger partial charge in [0, 0.05) is 16.3 Å². The lowest BCUT2D eigenvalue weighted by molar-refractivity contribution is 1.38. The normalized spacial score (nSPS) is 13.7. The van der Waals surface area contributed by atoms with Crippen molar-refractivity contribution >= 4 is 39.4 Å². The minimum atomic E-state index is 1.12. The van der Waals surface area contributed by atoms with Crippen LogP contribution >= 0.6 is 11.3 Å². The third-order valence-corrected chi connectivity index (χ3v) is 3.34. The summed E-state index contributed by atoms with van der Waals surface area (Å²) in [5.41, 5.74) is 4.19. The predicted molar refractivity (Wildman–Crippen MR) is 63.0 cm³/mol. The molecule has 1 aromatic carbocycles. The van der Waals surface area contributed by atoms with E-state index in [0.717, 1.165) is 5.69 Å². The molecule has 0 saturated heterocycles. The molecule has 0 spiro atoms. The number of allylic oxidation sites excluding steroid dienone is 1. The molecule has 0 aliphatic carbocycles. The first-order valence-electron chi connectivity index (χ1n) is 4.42. The van der Waals surface area contributed by atoms with Gasteiger partial charge in [0.05, 0.1) is 10.6 Å². The van der Waals surface area contributed by atoms with Gasteiger partial charge in [0.15, 0.2) is 0 Å². The van der Waals surface area contributed by atoms with E-state index >= 15 is 0 Å². The SMILES string of the molecule is C1=Cc2sc3ccccc3c2NN=C1. The molecule has 1 aliphatic heterocycles. The Kier molecular flexibility index (Phi) is 1.64. The van der Waals surface area contributed by atoms with Gasteiger partial charge in [-0.15, -0.1) is 11.3 Å². The Hall–Kier alpha value is -1.61. The Morgan fingerprint density at radius 2 is 2.14 bits per heavy atom. The molecule has 1 N–H and O–H groups in total. The fraction of sp³-hybridized carbons (Fsp3) is 0. The van der Waals surface area contributed by atoms with Gasteiger partial charge in [-0.2, -0.15) is 5.10 Å². The number of thiophene rings is 1. The summed E-state index contributed by atoms with van der Waals surface area (Å²) in [6.45, 7) is 0. The predicted octanol–water partition coefficient (Wildman–Crippen LogP) is 3.33. The highest BCUT2D eigenvalue weighted by atomic mass is 32.1. The lowest BCUT2D eigenvalue weighted by atomic mass is 10.2. The minimum absolute atomic E-state index is 1.12. The van der Waals surface area contributed by atoms with Crippen molar-refractivity contribution in [2.24, 2.45) is 5.10 Å². The van der Waals surface area contributed by atoms with Crippen molar-refractivity contribution < 1.29 is 0 Å². The molecule has 0 unspecified atom stereocenters. The summed E-state index contributed by atoms with van der Waals surface area (Å²) in [7, 11) is 0. The topological polar surface area (TPSA) is 24.4 Å². The number of nitrogens with zero attached hydrogens (tertiary/aromatic N) is 1. The summed E-state index contributed by atoms with van der Waals surface area (Å²) in [5, 5.41) is 5.33. The van der Waals surface area contributed by atoms with Gasteiger partial charge in [-0.1, -0.05) is 18.2 Å². The summed E-state index contributed by atoms with van der Waals surface area (Å²) in [5.74, 6) is 0. The second-order valence-electron chi connectivity index (χ2n) is 3.09. The van der Waals surface area contributed by atoms with E-state index in [0.29, 0.717) is 0 Å². The zero-order valence-electron chi connectivity index (χ0n) is 7.40. The Labute approximate surface area is 85.6 Å². The van der Waals surface area contributed by atoms with Crippen molar-refractivity contribution in [1.29, 1.82) is 0 Å². The highest BCUT2D eigenvalue weighted by Crippen LogP contribution is 2.36. The quantitative estimate of drug-likeness (QED) is 0.693. The van der Waals surface area contributed by atoms with E-state index in [1.54, 1.807) is 17.6 Å². The lowest BCUT2D eigenvalue weighted by Crippen LogP contribution is -1.85. The van der Waals surface area contributed by atoms with E-state index < -0.39 is 0 Å². The van der Waals surface area contributed by atoms with Crippen molar-refractivity contribution in [2.45, 2.75) is 0 Å². The first kappa shape index (κ1) is 7.76. The van der Waals surface area contributed by atoms with Gasteiger partial charge in [-0.3, -0.25) is 5.43 Å². The number of hydrogen-bond acceptors (Lipinski definition) is 3. The second-order valence-corrected chi connectivity index (χ2v) is 4.17. The van der Waals surface area contributed by atoms with Crippen molar-refractivity contribution in [3.8, 4) is 0 Å². The van der Waals surface area contributed by atoms with E-state index in [-0.39, 0.29) is 0 Å². The molecule has 68 valence electrons. The van der Waals surface area contributed by atoms with Gasteiger partial charge in [-0.25, -0.2) is 0 Å². The molecule has 1 aromatic heterocycles. The van der Waals surface area contributed by atoms with Gasteiger partial charge in [0.1, 0.15) is 0 Å². The zero-order valence-corrected chi connectivity index (χ0v) is 8.21. The van der Waals surface area contributed by atoms with Crippen molar-refractivity contribution in [2.75, 3.05) is 5.43 Å². The summed E-state index contributed by atoms with van der Waals surface area (Å²) in [6, 6.07) is 8.36. The zero-order chi connectivity index (χ0) is 9.38. The molecule has 14 heavy (non-hydrogen) atoms. The van der Waals surface area contributed by atoms with Crippen LogP contribution in [0.2, 0.25) is 0 Å². The van der Waals surface area contributed by atoms with Gasteiger partial charge in [-0.05, 0) is 18.2 Å². The Bertz CT molecular complexity index is 537. The summed E-state index contributed by atoms with van der Waals surface area (Å²) in [6.07, 6.45) is 5.80. The van der Waals surface area contributed by atoms with Crippen molar-refractivity contribution in [3.63, 3.8) is 0 Å². The highest BCUT2D eigenvalue weighted by Gasteiger charge is 2.09. The Morgan fingerprint density at radius 1 is 1.21 bits per heavy atom. The van der Waals surface area contributed by atoms with Gasteiger partial charge >= 0.3 is 0 Å². The molecule has 0 bridgehead atoms. The Morgan fingerprint density at radius 3 is 3.14 bits per heavy atom. The standard InChI is InChI=1S/C11H8N2S/c1-2-5-9-8(4-1)11-10(14-9)6-3-7-12-13-11/h1-7,13H. The number of hydrazone groups is 1. The van der Waals surface area contributed by atoms with Crippen molar-refractivity contribution in [3.05, 3.63) is 35.2 Å². The molecule has 1 aliphatic rings. The van der Waals surface area contributed by atoms with Crippen LogP contribution in [-0.2, 0) is 0 Å². The second kappa shape index (κ2) is 2.96. The first-order valence-corrected chi connectivity index (χ1v) is 5.24. The molecular formula is C11H8N2S. The molecule has 0 radical (unpaired) electrons. The van der Waals surface area contributed by atoms with Crippen LogP contribution in [-0.4, -0.2) is 6.21 Å². The number of hydrogen-bond donors (Lipinski definition) is 1. The van der Waals surface area contributed by atoms with E-state index in [2.05, 4.69) is 40.9 Å². The van der Waals surface area contributed by atoms with Crippen LogP contribution in [0.15, 0.2) is 35.4 Å². The summed E-state index contributed by atoms with van der Waals surface area (Å²) >= 11 is 1.78. The first-order chi connectivity index (χ1) is 6.95. The fourth-order valence-corrected chi connectivity index (χ4v) is 2.64. The van der Waals surface area contributed by atoms with Gasteiger partial charge < -0.3 is 0 Å². The highest BCUT2D eigenvalue weighted by molar-refractivity contribution is 7.20. The van der Waals surface area contributed by atoms with Crippen LogP contribution < -0.4 is 5.43 Å². The number of benzene rings is 1. The lowest BCUT2D eigenvalue weighted by Gasteiger charge is -1.97. The van der Waals surface area contributed by atoms with Crippen LogP contribution in [0, 0.1) is 0 Å². The summed E-state index contributed by atoms with van der Waals surface area (Å²) in [4.78, 5) is 1.24. The Balaban J connectivity index is 2.37. The van der Waals surface area contributed by atoms with Gasteiger partial charge in [0.25, 0.3) is 0 Å². The molecule has 2 nitrogen and oxygen atoms in total. The maximum atomic E-state index is 4.08. The largest absolute Gasteiger partial charge is 0.276 e. The number of nitrogens with one attached hydrogen (secondary N) is 1. The van der Waals surface area contributed by atoms with E-state index in [1.807, 2.05) is 6.08 Å². The molecular weight excluding hydrogens is 192 g/mol. The smallest absolute Gasteiger partial charge is 0.0820 e. The third-order valence-electron chi connectivity index (χ3n) is 2.21. The molecule has 2 aromatic rings. The summed E-state index contributed by atoms with van der Waals surface area (Å²) < 4.78 is 1.30. The molecule has 0 atom stereocenters. The molecule has 0 amide bonds.